The molecule has 130 valence electrons. The number of nitro groups is 1. The highest BCUT2D eigenvalue weighted by Crippen LogP contribution is 2.33. The highest BCUT2D eigenvalue weighted by atomic mass is 16.6. The van der Waals surface area contributed by atoms with Crippen LogP contribution in [0.1, 0.15) is 27.9 Å². The molecule has 0 aliphatic carbocycles. The first-order valence-corrected chi connectivity index (χ1v) is 7.49. The maximum Gasteiger partial charge on any atom is 0.313 e. The third-order valence-electron chi connectivity index (χ3n) is 4.49. The fourth-order valence-electron chi connectivity index (χ4n) is 3.11. The summed E-state index contributed by atoms with van der Waals surface area (Å²) in [5.74, 6) is -1.40. The number of amides is 1. The minimum absolute atomic E-state index is 0.0130. The molecule has 1 atom stereocenters. The molecular formula is C16H20N2O6. The second-order valence-corrected chi connectivity index (χ2v) is 6.21. The summed E-state index contributed by atoms with van der Waals surface area (Å²) < 4.78 is 5.01. The number of methoxy groups -OCH3 is 1. The average molecular weight is 336 g/mol. The molecule has 1 aromatic carbocycles. The molecule has 0 aromatic heterocycles. The summed E-state index contributed by atoms with van der Waals surface area (Å²) in [6.07, 6.45) is 0.287. The Hall–Kier alpha value is -2.48. The molecule has 0 bridgehead atoms. The predicted molar refractivity (Wildman–Crippen MR) is 85.0 cm³/mol. The van der Waals surface area contributed by atoms with Gasteiger partial charge in [-0.25, -0.2) is 0 Å². The van der Waals surface area contributed by atoms with E-state index in [1.807, 2.05) is 0 Å². The third kappa shape index (κ3) is 3.09. The number of hydrogen-bond acceptors (Lipinski definition) is 5. The van der Waals surface area contributed by atoms with Crippen molar-refractivity contribution in [2.75, 3.05) is 26.8 Å². The van der Waals surface area contributed by atoms with Crippen molar-refractivity contribution in [3.05, 3.63) is 38.9 Å². The molecule has 1 saturated heterocycles. The van der Waals surface area contributed by atoms with Crippen LogP contribution in [0.5, 0.6) is 0 Å². The average Bonchev–Trinajstić information content (AvgIpc) is 2.92. The van der Waals surface area contributed by atoms with Crippen molar-refractivity contribution >= 4 is 17.6 Å². The van der Waals surface area contributed by atoms with Crippen LogP contribution in [-0.4, -0.2) is 53.6 Å². The van der Waals surface area contributed by atoms with Gasteiger partial charge in [-0.15, -0.1) is 0 Å². The van der Waals surface area contributed by atoms with Gasteiger partial charge in [0.15, 0.2) is 0 Å². The van der Waals surface area contributed by atoms with Gasteiger partial charge in [-0.3, -0.25) is 19.7 Å². The van der Waals surface area contributed by atoms with E-state index in [1.165, 1.54) is 18.1 Å². The first-order chi connectivity index (χ1) is 11.2. The molecule has 1 aromatic rings. The molecule has 0 spiro atoms. The molecule has 1 fully saturated rings. The van der Waals surface area contributed by atoms with E-state index in [1.54, 1.807) is 19.9 Å². The van der Waals surface area contributed by atoms with Gasteiger partial charge < -0.3 is 14.7 Å². The molecule has 2 rings (SSSR count). The van der Waals surface area contributed by atoms with Gasteiger partial charge in [-0.2, -0.15) is 0 Å². The fourth-order valence-corrected chi connectivity index (χ4v) is 3.11. The number of hydrogen-bond donors (Lipinski definition) is 1. The Morgan fingerprint density at radius 3 is 2.58 bits per heavy atom. The number of carboxylic acids is 1. The van der Waals surface area contributed by atoms with Gasteiger partial charge in [0.1, 0.15) is 5.41 Å². The van der Waals surface area contributed by atoms with Gasteiger partial charge in [0.25, 0.3) is 11.6 Å². The number of carbonyl (C=O) groups is 2. The summed E-state index contributed by atoms with van der Waals surface area (Å²) in [5, 5.41) is 20.6. The van der Waals surface area contributed by atoms with Crippen molar-refractivity contribution in [2.45, 2.75) is 20.3 Å². The van der Waals surface area contributed by atoms with Crippen LogP contribution in [-0.2, 0) is 9.53 Å². The van der Waals surface area contributed by atoms with E-state index in [2.05, 4.69) is 0 Å². The molecule has 8 nitrogen and oxygen atoms in total. The lowest BCUT2D eigenvalue weighted by atomic mass is 9.88. The molecule has 1 N–H and O–H groups in total. The molecule has 0 saturated carbocycles. The summed E-state index contributed by atoms with van der Waals surface area (Å²) in [7, 11) is 1.42. The summed E-state index contributed by atoms with van der Waals surface area (Å²) in [6, 6.07) is 2.87. The van der Waals surface area contributed by atoms with Crippen LogP contribution in [0.25, 0.3) is 0 Å². The Balaban J connectivity index is 2.32. The van der Waals surface area contributed by atoms with Gasteiger partial charge >= 0.3 is 5.97 Å². The van der Waals surface area contributed by atoms with Crippen LogP contribution >= 0.6 is 0 Å². The Bertz CT molecular complexity index is 702. The number of aliphatic carboxylic acids is 1. The molecule has 1 amide bonds. The number of nitro benzene ring substituents is 1. The maximum atomic E-state index is 12.7. The zero-order valence-corrected chi connectivity index (χ0v) is 13.9. The number of nitrogens with zero attached hydrogens (tertiary/aromatic N) is 2. The SMILES string of the molecule is COCC1(C(=O)O)CCN(C(=O)c2cc([N+](=O)[O-])c(C)cc2C)C1. The van der Waals surface area contributed by atoms with E-state index in [0.29, 0.717) is 11.1 Å². The predicted octanol–water partition coefficient (Wildman–Crippen LogP) is 1.77. The summed E-state index contributed by atoms with van der Waals surface area (Å²) >= 11 is 0. The number of carboxylic acid groups (broad SMARTS) is 1. The highest BCUT2D eigenvalue weighted by molar-refractivity contribution is 5.97. The quantitative estimate of drug-likeness (QED) is 0.648. The van der Waals surface area contributed by atoms with Crippen LogP contribution in [0.2, 0.25) is 0 Å². The number of likely N-dealkylation sites (tertiary alicyclic amines) is 1. The summed E-state index contributed by atoms with van der Waals surface area (Å²) in [4.78, 5) is 36.3. The molecule has 8 heteroatoms. The minimum Gasteiger partial charge on any atom is -0.481 e. The molecule has 0 radical (unpaired) electrons. The zero-order chi connectivity index (χ0) is 18.1. The van der Waals surface area contributed by atoms with Gasteiger partial charge in [0.2, 0.25) is 0 Å². The minimum atomic E-state index is -1.13. The van der Waals surface area contributed by atoms with Crippen LogP contribution in [0, 0.1) is 29.4 Å². The van der Waals surface area contributed by atoms with E-state index < -0.39 is 22.2 Å². The van der Waals surface area contributed by atoms with E-state index in [9.17, 15) is 24.8 Å². The van der Waals surface area contributed by atoms with Gasteiger partial charge in [-0.05, 0) is 31.9 Å². The zero-order valence-electron chi connectivity index (χ0n) is 13.9. The second-order valence-electron chi connectivity index (χ2n) is 6.21. The van der Waals surface area contributed by atoms with E-state index in [-0.39, 0.29) is 37.4 Å². The van der Waals surface area contributed by atoms with E-state index in [0.717, 1.165) is 0 Å². The Labute approximate surface area is 139 Å². The number of benzene rings is 1. The van der Waals surface area contributed by atoms with Gasteiger partial charge in [0, 0.05) is 37.4 Å². The Kier molecular flexibility index (Phi) is 4.88. The van der Waals surface area contributed by atoms with E-state index >= 15 is 0 Å². The van der Waals surface area contributed by atoms with Crippen LogP contribution in [0.3, 0.4) is 0 Å². The smallest absolute Gasteiger partial charge is 0.313 e. The molecule has 1 unspecified atom stereocenters. The Morgan fingerprint density at radius 1 is 1.38 bits per heavy atom. The van der Waals surface area contributed by atoms with Crippen molar-refractivity contribution < 1.29 is 24.4 Å². The first-order valence-electron chi connectivity index (χ1n) is 7.49. The van der Waals surface area contributed by atoms with Crippen LogP contribution in [0.15, 0.2) is 12.1 Å². The normalized spacial score (nSPS) is 20.2. The number of carbonyl (C=O) groups excluding carboxylic acids is 1. The van der Waals surface area contributed by atoms with Crippen molar-refractivity contribution in [1.29, 1.82) is 0 Å². The van der Waals surface area contributed by atoms with Crippen molar-refractivity contribution in [3.63, 3.8) is 0 Å². The number of aryl methyl sites for hydroxylation is 2. The van der Waals surface area contributed by atoms with E-state index in [4.69, 9.17) is 4.74 Å². The lowest BCUT2D eigenvalue weighted by Gasteiger charge is -2.24. The van der Waals surface area contributed by atoms with Crippen molar-refractivity contribution in [3.8, 4) is 0 Å². The second kappa shape index (κ2) is 6.56. The topological polar surface area (TPSA) is 110 Å². The lowest BCUT2D eigenvalue weighted by molar-refractivity contribution is -0.385. The summed E-state index contributed by atoms with van der Waals surface area (Å²) in [6.45, 7) is 3.63. The Morgan fingerprint density at radius 2 is 2.04 bits per heavy atom. The number of ether oxygens (including phenoxy) is 1. The largest absolute Gasteiger partial charge is 0.481 e. The lowest BCUT2D eigenvalue weighted by Crippen LogP contribution is -2.40. The monoisotopic (exact) mass is 336 g/mol. The van der Waals surface area contributed by atoms with Crippen LogP contribution in [0.4, 0.5) is 5.69 Å². The molecule has 1 aliphatic rings. The molecule has 1 aliphatic heterocycles. The van der Waals surface area contributed by atoms with Crippen LogP contribution < -0.4 is 0 Å². The molecule has 24 heavy (non-hydrogen) atoms. The van der Waals surface area contributed by atoms with Gasteiger partial charge in [0.05, 0.1) is 11.5 Å². The van der Waals surface area contributed by atoms with Gasteiger partial charge in [-0.1, -0.05) is 0 Å². The highest BCUT2D eigenvalue weighted by Gasteiger charge is 2.46. The molecule has 1 heterocycles. The standard InChI is InChI=1S/C16H20N2O6/c1-10-6-11(2)13(18(22)23)7-12(10)14(19)17-5-4-16(8-17,9-24-3)15(20)21/h6-7H,4-5,8-9H2,1-3H3,(H,20,21). The third-order valence-corrected chi connectivity index (χ3v) is 4.49. The van der Waals surface area contributed by atoms with Crippen molar-refractivity contribution in [2.24, 2.45) is 5.41 Å². The molecular weight excluding hydrogens is 316 g/mol. The van der Waals surface area contributed by atoms with Crippen molar-refractivity contribution in [1.82, 2.24) is 4.90 Å². The summed E-state index contributed by atoms with van der Waals surface area (Å²) in [5.41, 5.74) is 0.0856. The first kappa shape index (κ1) is 17.9. The number of rotatable bonds is 5. The maximum absolute atomic E-state index is 12.7. The fraction of sp³-hybridized carbons (Fsp3) is 0.500.